The molecule has 0 aliphatic heterocycles. The Labute approximate surface area is 173 Å². The molecule has 9 atom stereocenters. The lowest BCUT2D eigenvalue weighted by Crippen LogP contribution is -2.55. The first-order valence-electron chi connectivity index (χ1n) is 11.5. The quantitative estimate of drug-likeness (QED) is 0.659. The van der Waals surface area contributed by atoms with Gasteiger partial charge in [-0.2, -0.15) is 0 Å². The summed E-state index contributed by atoms with van der Waals surface area (Å²) in [5, 5.41) is 13.9. The summed E-state index contributed by atoms with van der Waals surface area (Å²) < 4.78 is 0. The van der Waals surface area contributed by atoms with E-state index in [1.165, 1.54) is 44.9 Å². The number of fused-ring (bicyclic) bond motifs is 5. The fourth-order valence-corrected chi connectivity index (χ4v) is 8.55. The Bertz CT molecular complexity index is 517. The molecule has 4 aliphatic carbocycles. The number of aliphatic hydroxyl groups is 1. The molecule has 27 heavy (non-hydrogen) atoms. The zero-order chi connectivity index (χ0) is 18.5. The highest BCUT2D eigenvalue weighted by atomic mass is 35.5. The van der Waals surface area contributed by atoms with Crippen molar-refractivity contribution in [3.63, 3.8) is 0 Å². The molecule has 0 saturated heterocycles. The van der Waals surface area contributed by atoms with Crippen LogP contribution in [0.1, 0.15) is 78.6 Å². The Morgan fingerprint density at radius 1 is 1.00 bits per heavy atom. The van der Waals surface area contributed by atoms with Gasteiger partial charge in [0.15, 0.2) is 0 Å². The van der Waals surface area contributed by atoms with Crippen LogP contribution in [0.4, 0.5) is 0 Å². The number of nitrogens with one attached hydrogen (secondary N) is 1. The van der Waals surface area contributed by atoms with Gasteiger partial charge in [0.05, 0.1) is 6.10 Å². The van der Waals surface area contributed by atoms with Crippen molar-refractivity contribution < 1.29 is 5.11 Å². The van der Waals surface area contributed by atoms with Gasteiger partial charge < -0.3 is 16.2 Å². The second-order valence-corrected chi connectivity index (χ2v) is 10.8. The first-order chi connectivity index (χ1) is 12.4. The normalized spacial score (nSPS) is 50.1. The van der Waals surface area contributed by atoms with E-state index >= 15 is 0 Å². The molecule has 4 heteroatoms. The van der Waals surface area contributed by atoms with E-state index in [2.05, 4.69) is 26.1 Å². The van der Waals surface area contributed by atoms with Gasteiger partial charge in [-0.3, -0.25) is 0 Å². The minimum absolute atomic E-state index is 0. The van der Waals surface area contributed by atoms with Crippen LogP contribution in [0.2, 0.25) is 0 Å². The van der Waals surface area contributed by atoms with Crippen LogP contribution in [0.3, 0.4) is 0 Å². The fourth-order valence-electron chi connectivity index (χ4n) is 8.55. The van der Waals surface area contributed by atoms with Crippen LogP contribution in [-0.4, -0.2) is 30.3 Å². The molecule has 0 heterocycles. The van der Waals surface area contributed by atoms with Crippen molar-refractivity contribution >= 4 is 12.4 Å². The molecule has 0 bridgehead atoms. The molecular formula is C23H43ClN2O. The van der Waals surface area contributed by atoms with E-state index in [0.29, 0.717) is 16.9 Å². The summed E-state index contributed by atoms with van der Waals surface area (Å²) in [6.07, 6.45) is 11.9. The van der Waals surface area contributed by atoms with Crippen LogP contribution in [0, 0.1) is 40.4 Å². The molecule has 0 aromatic carbocycles. The van der Waals surface area contributed by atoms with E-state index in [1.54, 1.807) is 0 Å². The van der Waals surface area contributed by atoms with Crippen LogP contribution >= 0.6 is 12.4 Å². The molecule has 3 nitrogen and oxygen atoms in total. The number of aliphatic hydroxyl groups excluding tert-OH is 1. The van der Waals surface area contributed by atoms with Gasteiger partial charge in [-0.15, -0.1) is 12.4 Å². The Hall–Kier alpha value is 0.170. The van der Waals surface area contributed by atoms with E-state index in [-0.39, 0.29) is 18.5 Å². The van der Waals surface area contributed by atoms with Crippen molar-refractivity contribution in [2.45, 2.75) is 90.7 Å². The van der Waals surface area contributed by atoms with Crippen LogP contribution in [-0.2, 0) is 0 Å². The van der Waals surface area contributed by atoms with Crippen molar-refractivity contribution in [3.8, 4) is 0 Å². The topological polar surface area (TPSA) is 58.3 Å². The highest BCUT2D eigenvalue weighted by Crippen LogP contribution is 2.67. The van der Waals surface area contributed by atoms with Crippen molar-refractivity contribution in [1.29, 1.82) is 0 Å². The fraction of sp³-hybridized carbons (Fsp3) is 1.00. The van der Waals surface area contributed by atoms with E-state index in [9.17, 15) is 5.11 Å². The van der Waals surface area contributed by atoms with Crippen molar-refractivity contribution in [2.24, 2.45) is 46.2 Å². The zero-order valence-electron chi connectivity index (χ0n) is 17.8. The second kappa shape index (κ2) is 8.13. The average Bonchev–Trinajstić information content (AvgIpc) is 2.97. The molecule has 0 amide bonds. The monoisotopic (exact) mass is 398 g/mol. The highest BCUT2D eigenvalue weighted by molar-refractivity contribution is 5.85. The average molecular weight is 399 g/mol. The maximum absolute atomic E-state index is 10.2. The third kappa shape index (κ3) is 3.49. The lowest BCUT2D eigenvalue weighted by Gasteiger charge is -2.61. The number of nitrogens with two attached hydrogens (primary N) is 1. The summed E-state index contributed by atoms with van der Waals surface area (Å²) in [5.41, 5.74) is 6.77. The van der Waals surface area contributed by atoms with Crippen LogP contribution in [0.15, 0.2) is 0 Å². The summed E-state index contributed by atoms with van der Waals surface area (Å²) in [4.78, 5) is 0. The van der Waals surface area contributed by atoms with E-state index < -0.39 is 0 Å². The van der Waals surface area contributed by atoms with Gasteiger partial charge in [-0.25, -0.2) is 0 Å². The molecule has 4 aliphatic rings. The first-order valence-corrected chi connectivity index (χ1v) is 11.5. The lowest BCUT2D eigenvalue weighted by molar-refractivity contribution is -0.127. The number of hydrogen-bond acceptors (Lipinski definition) is 3. The van der Waals surface area contributed by atoms with Gasteiger partial charge in [-0.1, -0.05) is 13.8 Å². The zero-order valence-corrected chi connectivity index (χ0v) is 18.6. The SMILES string of the molecule is CC(NCCN)[C@H]1CC[C@H]2[C@@H]3CCC4CC(O)CC[C@]4(C)[C@H]3CC[C@]12C.Cl. The lowest BCUT2D eigenvalue weighted by atomic mass is 9.44. The Kier molecular flexibility index (Phi) is 6.58. The van der Waals surface area contributed by atoms with Gasteiger partial charge in [0.2, 0.25) is 0 Å². The van der Waals surface area contributed by atoms with Crippen molar-refractivity contribution in [2.75, 3.05) is 13.1 Å². The highest BCUT2D eigenvalue weighted by Gasteiger charge is 2.60. The molecule has 0 aromatic rings. The summed E-state index contributed by atoms with van der Waals surface area (Å²) in [6, 6.07) is 0.599. The van der Waals surface area contributed by atoms with E-state index in [0.717, 1.165) is 55.5 Å². The molecule has 4 saturated carbocycles. The molecule has 4 fully saturated rings. The molecule has 4 rings (SSSR count). The Morgan fingerprint density at radius 2 is 1.70 bits per heavy atom. The maximum atomic E-state index is 10.2. The van der Waals surface area contributed by atoms with Gasteiger partial charge in [0.25, 0.3) is 0 Å². The summed E-state index contributed by atoms with van der Waals surface area (Å²) in [5.74, 6) is 4.38. The van der Waals surface area contributed by atoms with Gasteiger partial charge in [0.1, 0.15) is 0 Å². The second-order valence-electron chi connectivity index (χ2n) is 10.8. The molecule has 0 radical (unpaired) electrons. The van der Waals surface area contributed by atoms with Crippen molar-refractivity contribution in [1.82, 2.24) is 5.32 Å². The molecule has 0 aromatic heterocycles. The van der Waals surface area contributed by atoms with Crippen molar-refractivity contribution in [3.05, 3.63) is 0 Å². The minimum atomic E-state index is -0.0242. The van der Waals surface area contributed by atoms with E-state index in [1.807, 2.05) is 0 Å². The smallest absolute Gasteiger partial charge is 0.0543 e. The summed E-state index contributed by atoms with van der Waals surface area (Å²) >= 11 is 0. The predicted molar refractivity (Wildman–Crippen MR) is 115 cm³/mol. The predicted octanol–water partition coefficient (Wildman–Crippen LogP) is 4.36. The third-order valence-corrected chi connectivity index (χ3v) is 9.93. The Balaban J connectivity index is 0.00000210. The van der Waals surface area contributed by atoms with Crippen LogP contribution < -0.4 is 11.1 Å². The third-order valence-electron chi connectivity index (χ3n) is 9.93. The number of rotatable bonds is 4. The molecule has 4 N–H and O–H groups in total. The van der Waals surface area contributed by atoms with Crippen LogP contribution in [0.25, 0.3) is 0 Å². The van der Waals surface area contributed by atoms with Gasteiger partial charge in [-0.05, 0) is 105 Å². The minimum Gasteiger partial charge on any atom is -0.393 e. The number of halogens is 1. The standard InChI is InChI=1S/C23H42N2O.ClH/c1-15(25-13-12-24)19-6-7-20-18-5-4-16-14-17(26)8-10-22(16,2)21(18)9-11-23(19,20)3;/h15-21,25-26H,4-14,24H2,1-3H3;1H/t15?,16?,17?,18-,19+,20-,21-,22-,23+;/m0./s1. The van der Waals surface area contributed by atoms with Gasteiger partial charge >= 0.3 is 0 Å². The summed E-state index contributed by atoms with van der Waals surface area (Å²) in [7, 11) is 0. The summed E-state index contributed by atoms with van der Waals surface area (Å²) in [6.45, 7) is 9.33. The maximum Gasteiger partial charge on any atom is 0.0543 e. The van der Waals surface area contributed by atoms with Crippen LogP contribution in [0.5, 0.6) is 0 Å². The van der Waals surface area contributed by atoms with Gasteiger partial charge in [0, 0.05) is 19.1 Å². The molecular weight excluding hydrogens is 356 g/mol. The first kappa shape index (κ1) is 21.9. The molecule has 3 unspecified atom stereocenters. The molecule has 0 spiro atoms. The molecule has 158 valence electrons. The van der Waals surface area contributed by atoms with E-state index in [4.69, 9.17) is 5.73 Å². The number of hydrogen-bond donors (Lipinski definition) is 3. The largest absolute Gasteiger partial charge is 0.393 e. The Morgan fingerprint density at radius 3 is 2.44 bits per heavy atom.